The molecule has 3 aliphatic rings. The van der Waals surface area contributed by atoms with Gasteiger partial charge in [0.15, 0.2) is 5.89 Å². The van der Waals surface area contributed by atoms with Crippen molar-refractivity contribution >= 4 is 6.29 Å². The van der Waals surface area contributed by atoms with Gasteiger partial charge in [0.25, 0.3) is 0 Å². The third kappa shape index (κ3) is 7.60. The predicted molar refractivity (Wildman–Crippen MR) is 140 cm³/mol. The third-order valence-corrected chi connectivity index (χ3v) is 6.68. The zero-order valence-electron chi connectivity index (χ0n) is 22.5. The number of aliphatic hydroxyl groups is 1. The number of benzene rings is 2. The molecule has 3 aromatic rings. The molecule has 0 spiro atoms. The topological polar surface area (TPSA) is 96.0 Å². The molecule has 2 N–H and O–H groups in total. The molecule has 212 valence electrons. The highest BCUT2D eigenvalue weighted by molar-refractivity contribution is 5.45. The molecule has 0 saturated carbocycles. The highest BCUT2D eigenvalue weighted by Crippen LogP contribution is 2.38. The van der Waals surface area contributed by atoms with Gasteiger partial charge in [-0.15, -0.1) is 0 Å². The van der Waals surface area contributed by atoms with Crippen LogP contribution in [0.1, 0.15) is 58.5 Å². The van der Waals surface area contributed by atoms with Crippen LogP contribution in [0.2, 0.25) is 0 Å². The van der Waals surface area contributed by atoms with Crippen molar-refractivity contribution in [3.8, 4) is 11.5 Å². The summed E-state index contributed by atoms with van der Waals surface area (Å²) in [6, 6.07) is 8.16. The number of fused-ring (bicyclic) bond motifs is 3. The van der Waals surface area contributed by atoms with E-state index in [4.69, 9.17) is 24.2 Å². The lowest BCUT2D eigenvalue weighted by Gasteiger charge is -2.27. The van der Waals surface area contributed by atoms with Gasteiger partial charge in [0.2, 0.25) is 0 Å². The largest absolute Gasteiger partial charge is 0.508 e. The Labute approximate surface area is 226 Å². The second kappa shape index (κ2) is 13.6. The Morgan fingerprint density at radius 2 is 1.79 bits per heavy atom. The smallest absolute Gasteiger partial charge is 0.416 e. The quantitative estimate of drug-likeness (QED) is 0.426. The SMILES string of the molecule is CC=O.CO.Cc1nc2c(o1)CCN(Cc1c(C(F)(F)F)ccc3c1CCC3)C2.Oc1ccc2c(c1)OCC2. The molecule has 0 unspecified atom stereocenters. The summed E-state index contributed by atoms with van der Waals surface area (Å²) in [5, 5.41) is 16.0. The van der Waals surface area contributed by atoms with E-state index in [-0.39, 0.29) is 5.75 Å². The standard InChI is InChI=1S/C18H19F3N2O.C8H8O2.C2H4O.CH4O/c1-11-22-16-10-23(8-7-17(16)24-11)9-14-13-4-2-3-12(13)5-6-15(14)18(19,20)21;9-7-2-1-6-3-4-10-8(6)5-7;1-2-3;1-2/h5-6H,2-4,7-10H2,1H3;1-2,5,9H,3-4H2;2H,1H3;2H,1H3. The van der Waals surface area contributed by atoms with Crippen molar-refractivity contribution in [2.45, 2.75) is 65.2 Å². The Morgan fingerprint density at radius 3 is 2.51 bits per heavy atom. The Kier molecular flexibility index (Phi) is 10.5. The lowest BCUT2D eigenvalue weighted by Crippen LogP contribution is -2.31. The van der Waals surface area contributed by atoms with Crippen molar-refractivity contribution in [3.63, 3.8) is 0 Å². The number of oxazole rings is 1. The number of aldehydes is 1. The fourth-order valence-electron chi connectivity index (χ4n) is 5.08. The van der Waals surface area contributed by atoms with Gasteiger partial charge in [-0.25, -0.2) is 4.98 Å². The number of aromatic hydroxyl groups is 1. The average Bonchev–Trinajstić information content (AvgIpc) is 3.64. The van der Waals surface area contributed by atoms with Gasteiger partial charge in [-0.1, -0.05) is 12.1 Å². The lowest BCUT2D eigenvalue weighted by molar-refractivity contribution is -0.138. The van der Waals surface area contributed by atoms with Crippen LogP contribution >= 0.6 is 0 Å². The maximum absolute atomic E-state index is 13.5. The molecule has 0 bridgehead atoms. The number of hydrogen-bond donors (Lipinski definition) is 2. The first-order chi connectivity index (χ1) is 18.7. The second-order valence-corrected chi connectivity index (χ2v) is 9.27. The number of ether oxygens (including phenoxy) is 1. The molecule has 7 nitrogen and oxygen atoms in total. The molecular formula is C29H35F3N2O5. The fourth-order valence-corrected chi connectivity index (χ4v) is 5.08. The van der Waals surface area contributed by atoms with Crippen LogP contribution in [0.3, 0.4) is 0 Å². The van der Waals surface area contributed by atoms with E-state index < -0.39 is 11.7 Å². The van der Waals surface area contributed by atoms with Gasteiger partial charge in [-0.3, -0.25) is 4.90 Å². The fraction of sp³-hybridized carbons (Fsp3) is 0.448. The van der Waals surface area contributed by atoms with Crippen LogP contribution in [0, 0.1) is 6.92 Å². The number of aryl methyl sites for hydroxylation is 2. The van der Waals surface area contributed by atoms with Crippen molar-refractivity contribution in [1.82, 2.24) is 9.88 Å². The van der Waals surface area contributed by atoms with Gasteiger partial charge in [0.1, 0.15) is 23.5 Å². The van der Waals surface area contributed by atoms with Gasteiger partial charge in [-0.05, 0) is 60.6 Å². The number of alkyl halides is 3. The van der Waals surface area contributed by atoms with Crippen LogP contribution in [0.15, 0.2) is 34.7 Å². The number of phenolic OH excluding ortho intramolecular Hbond substituents is 1. The molecule has 0 amide bonds. The molecule has 0 radical (unpaired) electrons. The maximum Gasteiger partial charge on any atom is 0.416 e. The first-order valence-corrected chi connectivity index (χ1v) is 12.9. The molecule has 2 aromatic carbocycles. The van der Waals surface area contributed by atoms with Crippen molar-refractivity contribution in [1.29, 1.82) is 0 Å². The molecule has 0 atom stereocenters. The highest BCUT2D eigenvalue weighted by atomic mass is 19.4. The van der Waals surface area contributed by atoms with E-state index in [2.05, 4.69) is 4.98 Å². The molecular weight excluding hydrogens is 513 g/mol. The summed E-state index contributed by atoms with van der Waals surface area (Å²) in [5.41, 5.74) is 4.02. The van der Waals surface area contributed by atoms with E-state index in [0.717, 1.165) is 74.0 Å². The first kappa shape index (κ1) is 30.2. The number of nitrogens with zero attached hydrogens (tertiary/aromatic N) is 2. The summed E-state index contributed by atoms with van der Waals surface area (Å²) in [4.78, 5) is 15.2. The van der Waals surface area contributed by atoms with Crippen LogP contribution < -0.4 is 4.74 Å². The van der Waals surface area contributed by atoms with Gasteiger partial charge in [0.05, 0.1) is 17.9 Å². The number of hydrogen-bond acceptors (Lipinski definition) is 7. The van der Waals surface area contributed by atoms with Crippen LogP contribution in [-0.4, -0.2) is 46.6 Å². The van der Waals surface area contributed by atoms with Crippen LogP contribution in [0.4, 0.5) is 13.2 Å². The zero-order chi connectivity index (χ0) is 28.6. The lowest BCUT2D eigenvalue weighted by atomic mass is 9.96. The van der Waals surface area contributed by atoms with Crippen molar-refractivity contribution < 1.29 is 37.3 Å². The Balaban J connectivity index is 0.000000232. The minimum Gasteiger partial charge on any atom is -0.508 e. The average molecular weight is 549 g/mol. The first-order valence-electron chi connectivity index (χ1n) is 12.9. The molecule has 39 heavy (non-hydrogen) atoms. The van der Waals surface area contributed by atoms with Crippen LogP contribution in [0.5, 0.6) is 11.5 Å². The van der Waals surface area contributed by atoms with Crippen molar-refractivity contribution in [3.05, 3.63) is 75.5 Å². The number of halogens is 3. The Bertz CT molecular complexity index is 1260. The van der Waals surface area contributed by atoms with Crippen LogP contribution in [-0.2, 0) is 49.7 Å². The molecule has 1 aromatic heterocycles. The van der Waals surface area contributed by atoms with E-state index in [0.29, 0.717) is 37.5 Å². The summed E-state index contributed by atoms with van der Waals surface area (Å²) in [6.07, 6.45) is 0.681. The molecule has 10 heteroatoms. The Hall–Kier alpha value is -3.37. The molecule has 2 aliphatic heterocycles. The van der Waals surface area contributed by atoms with E-state index in [1.807, 2.05) is 11.0 Å². The van der Waals surface area contributed by atoms with E-state index in [9.17, 15) is 13.2 Å². The minimum atomic E-state index is -4.31. The molecule has 1 aliphatic carbocycles. The summed E-state index contributed by atoms with van der Waals surface area (Å²) < 4.78 is 51.2. The third-order valence-electron chi connectivity index (χ3n) is 6.68. The zero-order valence-corrected chi connectivity index (χ0v) is 22.5. The number of aliphatic hydroxyl groups excluding tert-OH is 1. The number of aromatic nitrogens is 1. The van der Waals surface area contributed by atoms with Gasteiger partial charge < -0.3 is 24.2 Å². The number of carbonyl (C=O) groups excluding carboxylic acids is 1. The van der Waals surface area contributed by atoms with Crippen molar-refractivity contribution in [2.24, 2.45) is 0 Å². The summed E-state index contributed by atoms with van der Waals surface area (Å²) in [6.45, 7) is 5.56. The molecule has 0 fully saturated rings. The Morgan fingerprint density at radius 1 is 1.08 bits per heavy atom. The molecule has 3 heterocycles. The highest BCUT2D eigenvalue weighted by Gasteiger charge is 2.36. The van der Waals surface area contributed by atoms with Gasteiger partial charge in [-0.2, -0.15) is 13.2 Å². The molecule has 6 rings (SSSR count). The minimum absolute atomic E-state index is 0.278. The van der Waals surface area contributed by atoms with E-state index in [1.54, 1.807) is 25.1 Å². The van der Waals surface area contributed by atoms with Crippen LogP contribution in [0.25, 0.3) is 0 Å². The van der Waals surface area contributed by atoms with Gasteiger partial charge >= 0.3 is 6.18 Å². The summed E-state index contributed by atoms with van der Waals surface area (Å²) in [5.74, 6) is 2.61. The molecule has 0 saturated heterocycles. The maximum atomic E-state index is 13.5. The monoisotopic (exact) mass is 548 g/mol. The summed E-state index contributed by atoms with van der Waals surface area (Å²) >= 11 is 0. The number of carbonyl (C=O) groups is 1. The predicted octanol–water partition coefficient (Wildman–Crippen LogP) is 5.19. The number of rotatable bonds is 2. The van der Waals surface area contributed by atoms with Crippen molar-refractivity contribution in [2.75, 3.05) is 20.3 Å². The van der Waals surface area contributed by atoms with Gasteiger partial charge in [0, 0.05) is 52.6 Å². The van der Waals surface area contributed by atoms with E-state index in [1.165, 1.54) is 18.6 Å². The van der Waals surface area contributed by atoms with E-state index >= 15 is 0 Å². The normalized spacial score (nSPS) is 15.2. The summed E-state index contributed by atoms with van der Waals surface area (Å²) in [7, 11) is 1.00. The second-order valence-electron chi connectivity index (χ2n) is 9.27. The number of phenols is 1.